The average Bonchev–Trinajstić information content (AvgIpc) is 3.66. The molecule has 6 rings (SSSR count). The average molecular weight is 741 g/mol. The van der Waals surface area contributed by atoms with E-state index in [1.807, 2.05) is 39.0 Å². The number of Topliss-reactive ketones (excluding diaryl/α,β-unsaturated/α-hetero) is 1. The summed E-state index contributed by atoms with van der Waals surface area (Å²) in [5.74, 6) is 2.95. The zero-order valence-electron chi connectivity index (χ0n) is 33.3. The van der Waals surface area contributed by atoms with Crippen molar-refractivity contribution in [1.29, 1.82) is 0 Å². The van der Waals surface area contributed by atoms with E-state index in [1.165, 1.54) is 77.2 Å². The van der Waals surface area contributed by atoms with E-state index in [1.54, 1.807) is 0 Å². The van der Waals surface area contributed by atoms with Crippen LogP contribution in [0.3, 0.4) is 0 Å². The lowest BCUT2D eigenvalue weighted by atomic mass is 9.39. The zero-order valence-corrected chi connectivity index (χ0v) is 34.1. The van der Waals surface area contributed by atoms with E-state index in [0.29, 0.717) is 59.0 Å². The van der Waals surface area contributed by atoms with E-state index in [-0.39, 0.29) is 17.8 Å². The van der Waals surface area contributed by atoms with Crippen LogP contribution in [-0.2, 0) is 20.8 Å². The van der Waals surface area contributed by atoms with E-state index < -0.39 is 17.4 Å². The minimum atomic E-state index is -1.16. The molecule has 0 aromatic carbocycles. The van der Waals surface area contributed by atoms with Gasteiger partial charge in [0.2, 0.25) is 11.8 Å². The summed E-state index contributed by atoms with van der Waals surface area (Å²) in [6, 6.07) is 0. The molecule has 0 saturated heterocycles. The first-order valence-electron chi connectivity index (χ1n) is 20.0. The van der Waals surface area contributed by atoms with Crippen LogP contribution < -0.4 is 0 Å². The number of alkyl halides is 1. The van der Waals surface area contributed by atoms with Crippen LogP contribution >= 0.6 is 11.6 Å². The molecule has 0 bridgehead atoms. The Hall–Kier alpha value is -2.74. The number of nitrogens with zero attached hydrogens (tertiary/aromatic N) is 2. The van der Waals surface area contributed by atoms with Crippen molar-refractivity contribution in [3.05, 3.63) is 41.2 Å². The highest BCUT2D eigenvalue weighted by molar-refractivity contribution is 6.19. The molecule has 9 heteroatoms. The molecule has 5 aliphatic carbocycles. The standard InChI is InChI=1S/C35H49ClN2O2.C6H10O4.C2H6/c1-6-9-23(15-19-36)32-38-37-29(40-32)21-35-18-14-26-25(31(35)30(22(2)3)27(39)20-35)11-12-28-33(4)16-8-7-10-24(33)13-17-34(26,28)5;1-6(2,5(9)10)3-4(7)8;1-2/h6,9,15,22,24-26,28H,7-8,10-14,16-21H2,1-5H3;3H2,1-2H3,(H,7,8)(H,9,10);1-2H3/b9-6-,23-15+;;. The normalized spacial score (nSPS) is 32.9. The number of aliphatic carboxylic acids is 2. The second-order valence-corrected chi connectivity index (χ2v) is 17.8. The van der Waals surface area contributed by atoms with Crippen LogP contribution in [0.4, 0.5) is 0 Å². The van der Waals surface area contributed by atoms with Crippen LogP contribution in [0.15, 0.2) is 33.8 Å². The number of carboxylic acids is 2. The maximum absolute atomic E-state index is 13.8. The van der Waals surface area contributed by atoms with Crippen LogP contribution in [0.1, 0.15) is 151 Å². The monoisotopic (exact) mass is 740 g/mol. The highest BCUT2D eigenvalue weighted by Crippen LogP contribution is 2.71. The summed E-state index contributed by atoms with van der Waals surface area (Å²) in [5.41, 5.74) is 3.06. The number of halogens is 1. The van der Waals surface area contributed by atoms with Crippen molar-refractivity contribution in [3.8, 4) is 0 Å². The Labute approximate surface area is 317 Å². The fraction of sp³-hybridized carbons (Fsp3) is 0.744. The highest BCUT2D eigenvalue weighted by Gasteiger charge is 2.63. The van der Waals surface area contributed by atoms with Crippen molar-refractivity contribution >= 4 is 34.9 Å². The van der Waals surface area contributed by atoms with Gasteiger partial charge in [0.1, 0.15) is 0 Å². The Bertz CT molecular complexity index is 1560. The first-order valence-corrected chi connectivity index (χ1v) is 20.5. The van der Waals surface area contributed by atoms with Gasteiger partial charge in [0.05, 0.1) is 11.8 Å². The van der Waals surface area contributed by atoms with Crippen LogP contribution in [0, 0.1) is 51.2 Å². The van der Waals surface area contributed by atoms with Gasteiger partial charge in [0.15, 0.2) is 5.78 Å². The summed E-state index contributed by atoms with van der Waals surface area (Å²) in [5, 5.41) is 25.6. The highest BCUT2D eigenvalue weighted by atomic mass is 35.5. The largest absolute Gasteiger partial charge is 0.481 e. The molecule has 5 aliphatic rings. The number of allylic oxidation sites excluding steroid dienone is 6. The quantitative estimate of drug-likeness (QED) is 0.189. The Morgan fingerprint density at radius 3 is 2.31 bits per heavy atom. The number of aromatic nitrogens is 2. The van der Waals surface area contributed by atoms with E-state index in [0.717, 1.165) is 29.4 Å². The third-order valence-corrected chi connectivity index (χ3v) is 13.9. The summed E-state index contributed by atoms with van der Waals surface area (Å²) >= 11 is 6.01. The molecule has 0 radical (unpaired) electrons. The zero-order chi connectivity index (χ0) is 38.6. The first-order chi connectivity index (χ1) is 24.5. The van der Waals surface area contributed by atoms with Crippen molar-refractivity contribution in [3.63, 3.8) is 0 Å². The number of hydrogen-bond acceptors (Lipinski definition) is 6. The topological polar surface area (TPSA) is 131 Å². The van der Waals surface area contributed by atoms with E-state index in [2.05, 4.69) is 37.9 Å². The van der Waals surface area contributed by atoms with Crippen molar-refractivity contribution in [2.75, 3.05) is 5.88 Å². The molecule has 0 aliphatic heterocycles. The fourth-order valence-electron chi connectivity index (χ4n) is 11.5. The fourth-order valence-corrected chi connectivity index (χ4v) is 11.7. The van der Waals surface area contributed by atoms with E-state index >= 15 is 0 Å². The maximum Gasteiger partial charge on any atom is 0.309 e. The third-order valence-electron chi connectivity index (χ3n) is 13.7. The predicted octanol–water partition coefficient (Wildman–Crippen LogP) is 10.8. The van der Waals surface area contributed by atoms with Crippen LogP contribution in [-0.4, -0.2) is 44.0 Å². The Balaban J connectivity index is 0.000000438. The molecule has 1 aromatic rings. The number of carboxylic acid groups (broad SMARTS) is 2. The van der Waals surface area contributed by atoms with Crippen LogP contribution in [0.25, 0.3) is 5.57 Å². The molecule has 1 heterocycles. The second-order valence-electron chi connectivity index (χ2n) is 17.5. The first kappa shape index (κ1) is 42.0. The molecular weight excluding hydrogens is 676 g/mol. The van der Waals surface area contributed by atoms with Gasteiger partial charge in [0, 0.05) is 29.7 Å². The molecular formula is C43H65ClN2O6. The van der Waals surface area contributed by atoms with Crippen LogP contribution in [0.5, 0.6) is 0 Å². The number of fused-ring (bicyclic) bond motifs is 7. The van der Waals surface area contributed by atoms with Gasteiger partial charge < -0.3 is 14.6 Å². The molecule has 7 atom stereocenters. The molecule has 0 amide bonds. The Morgan fingerprint density at radius 2 is 1.71 bits per heavy atom. The summed E-state index contributed by atoms with van der Waals surface area (Å²) < 4.78 is 6.27. The third kappa shape index (κ3) is 8.03. The molecule has 0 spiro atoms. The number of hydrogen-bond donors (Lipinski definition) is 2. The van der Waals surface area contributed by atoms with Gasteiger partial charge in [-0.1, -0.05) is 78.2 Å². The van der Waals surface area contributed by atoms with E-state index in [9.17, 15) is 14.4 Å². The molecule has 8 nitrogen and oxygen atoms in total. The van der Waals surface area contributed by atoms with Crippen molar-refractivity contribution < 1.29 is 29.0 Å². The van der Waals surface area contributed by atoms with Crippen molar-refractivity contribution in [2.45, 2.75) is 146 Å². The number of ketones is 1. The second kappa shape index (κ2) is 16.7. The number of carbonyl (C=O) groups is 3. The molecule has 290 valence electrons. The number of rotatable bonds is 9. The van der Waals surface area contributed by atoms with Gasteiger partial charge >= 0.3 is 11.9 Å². The maximum atomic E-state index is 13.8. The molecule has 2 N–H and O–H groups in total. The lowest BCUT2D eigenvalue weighted by Crippen LogP contribution is -2.58. The lowest BCUT2D eigenvalue weighted by molar-refractivity contribution is -0.153. The molecule has 4 saturated carbocycles. The summed E-state index contributed by atoms with van der Waals surface area (Å²) in [4.78, 5) is 34.1. The Morgan fingerprint density at radius 1 is 1.00 bits per heavy atom. The van der Waals surface area contributed by atoms with Gasteiger partial charge in [-0.2, -0.15) is 0 Å². The SMILES string of the molecule is C/C=C\C(=C/CCl)c1nnc(CC23CCC4C(CCC5C6(C)CCCCC6CCC45C)C2=C(C(C)C)C(=O)C3)o1.CC.CC(C)(CC(=O)O)C(=O)O. The molecule has 52 heavy (non-hydrogen) atoms. The molecule has 1 aromatic heterocycles. The van der Waals surface area contributed by atoms with Crippen LogP contribution in [0.2, 0.25) is 0 Å². The summed E-state index contributed by atoms with van der Waals surface area (Å²) in [6.07, 6.45) is 20.1. The van der Waals surface area contributed by atoms with Gasteiger partial charge in [-0.3, -0.25) is 14.4 Å². The predicted molar refractivity (Wildman–Crippen MR) is 207 cm³/mol. The smallest absolute Gasteiger partial charge is 0.309 e. The minimum absolute atomic E-state index is 0.173. The van der Waals surface area contributed by atoms with Gasteiger partial charge in [-0.05, 0) is 118 Å². The molecule has 7 unspecified atom stereocenters. The van der Waals surface area contributed by atoms with Gasteiger partial charge in [0.25, 0.3) is 0 Å². The van der Waals surface area contributed by atoms with E-state index in [4.69, 9.17) is 26.2 Å². The summed E-state index contributed by atoms with van der Waals surface area (Å²) in [7, 11) is 0. The number of carbonyl (C=O) groups excluding carboxylic acids is 1. The van der Waals surface area contributed by atoms with Crippen molar-refractivity contribution in [2.24, 2.45) is 51.2 Å². The minimum Gasteiger partial charge on any atom is -0.481 e. The summed E-state index contributed by atoms with van der Waals surface area (Å²) in [6.45, 7) is 18.5. The van der Waals surface area contributed by atoms with Gasteiger partial charge in [-0.15, -0.1) is 21.8 Å². The molecule has 4 fully saturated rings. The Kier molecular flexibility index (Phi) is 13.5. The van der Waals surface area contributed by atoms with Gasteiger partial charge in [-0.25, -0.2) is 0 Å². The lowest BCUT2D eigenvalue weighted by Gasteiger charge is -2.66. The van der Waals surface area contributed by atoms with Crippen molar-refractivity contribution in [1.82, 2.24) is 10.2 Å².